The summed E-state index contributed by atoms with van der Waals surface area (Å²) in [6.07, 6.45) is 1.68. The molecule has 0 aliphatic carbocycles. The Morgan fingerprint density at radius 3 is 2.61 bits per heavy atom. The number of hydrogen-bond acceptors (Lipinski definition) is 7. The minimum Gasteiger partial charge on any atom is -0.493 e. The zero-order valence-electron chi connectivity index (χ0n) is 15.7. The molecular weight excluding hydrogens is 398 g/mol. The van der Waals surface area contributed by atoms with Gasteiger partial charge in [0.25, 0.3) is 0 Å². The van der Waals surface area contributed by atoms with Crippen molar-refractivity contribution in [1.82, 2.24) is 4.98 Å². The van der Waals surface area contributed by atoms with Crippen molar-refractivity contribution in [3.8, 4) is 28.5 Å². The van der Waals surface area contributed by atoms with Crippen LogP contribution in [0.4, 0.5) is 5.13 Å². The first kappa shape index (κ1) is 20.0. The van der Waals surface area contributed by atoms with Crippen LogP contribution in [0.25, 0.3) is 11.3 Å². The van der Waals surface area contributed by atoms with Gasteiger partial charge in [-0.3, -0.25) is 5.43 Å². The molecule has 1 N–H and O–H groups in total. The van der Waals surface area contributed by atoms with Gasteiger partial charge in [0.15, 0.2) is 11.5 Å². The number of methoxy groups -OCH3 is 2. The average Bonchev–Trinajstić information content (AvgIpc) is 3.18. The van der Waals surface area contributed by atoms with E-state index in [-0.39, 0.29) is 0 Å². The fraction of sp³-hybridized carbons (Fsp3) is 0.200. The normalized spacial score (nSPS) is 10.9. The van der Waals surface area contributed by atoms with Crippen LogP contribution in [0.15, 0.2) is 46.9 Å². The van der Waals surface area contributed by atoms with E-state index >= 15 is 0 Å². The highest BCUT2D eigenvalue weighted by Gasteiger charge is 2.09. The molecule has 0 fully saturated rings. The number of aromatic nitrogens is 1. The fourth-order valence-electron chi connectivity index (χ4n) is 2.49. The van der Waals surface area contributed by atoms with Gasteiger partial charge in [-0.1, -0.05) is 11.6 Å². The van der Waals surface area contributed by atoms with E-state index in [1.165, 1.54) is 11.3 Å². The molecule has 0 atom stereocenters. The van der Waals surface area contributed by atoms with Gasteiger partial charge in [0, 0.05) is 10.9 Å². The number of hydrazone groups is 1. The van der Waals surface area contributed by atoms with Crippen LogP contribution < -0.4 is 19.6 Å². The topological polar surface area (TPSA) is 65.0 Å². The van der Waals surface area contributed by atoms with Gasteiger partial charge >= 0.3 is 0 Å². The molecule has 0 saturated carbocycles. The van der Waals surface area contributed by atoms with E-state index in [0.29, 0.717) is 34.0 Å². The predicted octanol–water partition coefficient (Wildman–Crippen LogP) is 5.33. The molecule has 2 aromatic carbocycles. The molecule has 28 heavy (non-hydrogen) atoms. The molecule has 0 bridgehead atoms. The lowest BCUT2D eigenvalue weighted by molar-refractivity contribution is 0.340. The Morgan fingerprint density at radius 2 is 1.89 bits per heavy atom. The first-order chi connectivity index (χ1) is 13.6. The van der Waals surface area contributed by atoms with Crippen molar-refractivity contribution in [2.75, 3.05) is 26.3 Å². The van der Waals surface area contributed by atoms with Crippen molar-refractivity contribution in [2.45, 2.75) is 6.92 Å². The van der Waals surface area contributed by atoms with Crippen LogP contribution in [0.2, 0.25) is 5.02 Å². The molecule has 3 aromatic rings. The SMILES string of the molecule is CCOc1ccc(/C=N\Nc2nc(-c3ccc(OC)c(OC)c3)cs2)cc1Cl. The Bertz CT molecular complexity index is 975. The summed E-state index contributed by atoms with van der Waals surface area (Å²) in [5.41, 5.74) is 5.56. The van der Waals surface area contributed by atoms with Crippen LogP contribution in [0.5, 0.6) is 17.2 Å². The third kappa shape index (κ3) is 4.74. The summed E-state index contributed by atoms with van der Waals surface area (Å²) in [5, 5.41) is 7.41. The van der Waals surface area contributed by atoms with Crippen molar-refractivity contribution in [3.63, 3.8) is 0 Å². The maximum atomic E-state index is 6.19. The van der Waals surface area contributed by atoms with E-state index < -0.39 is 0 Å². The number of thiazole rings is 1. The number of nitrogens with one attached hydrogen (secondary N) is 1. The number of ether oxygens (including phenoxy) is 3. The van der Waals surface area contributed by atoms with E-state index in [9.17, 15) is 0 Å². The minimum absolute atomic E-state index is 0.552. The highest BCUT2D eigenvalue weighted by atomic mass is 35.5. The van der Waals surface area contributed by atoms with Crippen LogP contribution in [-0.4, -0.2) is 32.0 Å². The quantitative estimate of drug-likeness (QED) is 0.396. The lowest BCUT2D eigenvalue weighted by Gasteiger charge is -2.08. The maximum Gasteiger partial charge on any atom is 0.203 e. The molecule has 0 aliphatic rings. The largest absolute Gasteiger partial charge is 0.493 e. The first-order valence-corrected chi connectivity index (χ1v) is 9.79. The summed E-state index contributed by atoms with van der Waals surface area (Å²) in [7, 11) is 3.22. The second-order valence-corrected chi connectivity index (χ2v) is 6.87. The lowest BCUT2D eigenvalue weighted by Crippen LogP contribution is -1.94. The highest BCUT2D eigenvalue weighted by Crippen LogP contribution is 2.33. The molecule has 8 heteroatoms. The second-order valence-electron chi connectivity index (χ2n) is 5.60. The summed E-state index contributed by atoms with van der Waals surface area (Å²) < 4.78 is 16.0. The summed E-state index contributed by atoms with van der Waals surface area (Å²) in [6.45, 7) is 2.49. The number of benzene rings is 2. The van der Waals surface area contributed by atoms with Crippen LogP contribution in [0.1, 0.15) is 12.5 Å². The maximum absolute atomic E-state index is 6.19. The van der Waals surface area contributed by atoms with E-state index in [4.69, 9.17) is 25.8 Å². The average molecular weight is 418 g/mol. The highest BCUT2D eigenvalue weighted by molar-refractivity contribution is 7.14. The van der Waals surface area contributed by atoms with E-state index in [1.807, 2.05) is 42.6 Å². The molecule has 1 aromatic heterocycles. The van der Waals surface area contributed by atoms with Crippen molar-refractivity contribution in [1.29, 1.82) is 0 Å². The molecule has 146 valence electrons. The van der Waals surface area contributed by atoms with Gasteiger partial charge in [0.2, 0.25) is 5.13 Å². The van der Waals surface area contributed by atoms with Crippen molar-refractivity contribution < 1.29 is 14.2 Å². The summed E-state index contributed by atoms with van der Waals surface area (Å²) in [5.74, 6) is 2.00. The van der Waals surface area contributed by atoms with Crippen molar-refractivity contribution in [2.24, 2.45) is 5.10 Å². The fourth-order valence-corrected chi connectivity index (χ4v) is 3.40. The Balaban J connectivity index is 1.68. The monoisotopic (exact) mass is 417 g/mol. The third-order valence-electron chi connectivity index (χ3n) is 3.81. The molecule has 0 spiro atoms. The molecule has 1 heterocycles. The zero-order chi connectivity index (χ0) is 19.9. The van der Waals surface area contributed by atoms with Gasteiger partial charge in [-0.15, -0.1) is 11.3 Å². The molecule has 0 radical (unpaired) electrons. The Morgan fingerprint density at radius 1 is 1.11 bits per heavy atom. The van der Waals surface area contributed by atoms with Crippen LogP contribution in [0.3, 0.4) is 0 Å². The van der Waals surface area contributed by atoms with E-state index in [2.05, 4.69) is 15.5 Å². The van der Waals surface area contributed by atoms with Crippen molar-refractivity contribution >= 4 is 34.3 Å². The Labute approximate surface area is 172 Å². The van der Waals surface area contributed by atoms with Gasteiger partial charge in [0.05, 0.1) is 37.8 Å². The molecule has 6 nitrogen and oxygen atoms in total. The smallest absolute Gasteiger partial charge is 0.203 e. The van der Waals surface area contributed by atoms with E-state index in [0.717, 1.165) is 16.8 Å². The van der Waals surface area contributed by atoms with Crippen LogP contribution >= 0.6 is 22.9 Å². The molecule has 0 amide bonds. The predicted molar refractivity (Wildman–Crippen MR) is 114 cm³/mol. The lowest BCUT2D eigenvalue weighted by atomic mass is 10.1. The number of anilines is 1. The summed E-state index contributed by atoms with van der Waals surface area (Å²) >= 11 is 7.65. The van der Waals surface area contributed by atoms with Gasteiger partial charge in [0.1, 0.15) is 5.75 Å². The molecule has 3 rings (SSSR count). The number of rotatable bonds is 8. The number of hydrogen-bond donors (Lipinski definition) is 1. The van der Waals surface area contributed by atoms with Crippen LogP contribution in [0, 0.1) is 0 Å². The molecule has 0 unspecified atom stereocenters. The Hall–Kier alpha value is -2.77. The second kappa shape index (κ2) is 9.43. The van der Waals surface area contributed by atoms with E-state index in [1.54, 1.807) is 26.5 Å². The molecule has 0 aliphatic heterocycles. The zero-order valence-corrected chi connectivity index (χ0v) is 17.3. The molecule has 0 saturated heterocycles. The first-order valence-electron chi connectivity index (χ1n) is 8.54. The van der Waals surface area contributed by atoms with Gasteiger partial charge in [-0.25, -0.2) is 4.98 Å². The standard InChI is InChI=1S/C20H20ClN3O3S/c1-4-27-17-7-5-13(9-15(17)21)11-22-24-20-23-16(12-28-20)14-6-8-18(25-2)19(10-14)26-3/h5-12H,4H2,1-3H3,(H,23,24)/b22-11-. The third-order valence-corrected chi connectivity index (χ3v) is 4.86. The number of halogens is 1. The van der Waals surface area contributed by atoms with Gasteiger partial charge < -0.3 is 14.2 Å². The number of nitrogens with zero attached hydrogens (tertiary/aromatic N) is 2. The summed E-state index contributed by atoms with van der Waals surface area (Å²) in [4.78, 5) is 4.55. The summed E-state index contributed by atoms with van der Waals surface area (Å²) in [6, 6.07) is 11.2. The van der Waals surface area contributed by atoms with Crippen LogP contribution in [-0.2, 0) is 0 Å². The van der Waals surface area contributed by atoms with Gasteiger partial charge in [-0.2, -0.15) is 5.10 Å². The molecular formula is C20H20ClN3O3S. The Kier molecular flexibility index (Phi) is 6.73. The van der Waals surface area contributed by atoms with Gasteiger partial charge in [-0.05, 0) is 48.9 Å². The van der Waals surface area contributed by atoms with Crippen molar-refractivity contribution in [3.05, 3.63) is 52.4 Å². The minimum atomic E-state index is 0.552.